The number of anilines is 1. The van der Waals surface area contributed by atoms with Gasteiger partial charge in [-0.3, -0.25) is 4.98 Å². The Morgan fingerprint density at radius 2 is 1.89 bits per heavy atom. The molecule has 0 spiro atoms. The normalized spacial score (nSPS) is 19.0. The fraction of sp³-hybridized carbons (Fsp3) is 0.273. The quantitative estimate of drug-likeness (QED) is 0.656. The van der Waals surface area contributed by atoms with Crippen LogP contribution in [0.25, 0.3) is 0 Å². The molecule has 0 saturated carbocycles. The average molecular weight is 393 g/mol. The molecule has 2 atom stereocenters. The maximum absolute atomic E-state index is 5.76. The van der Waals surface area contributed by atoms with Gasteiger partial charge >= 0.3 is 0 Å². The molecular weight excluding hydrogens is 368 g/mol. The van der Waals surface area contributed by atoms with E-state index in [1.807, 2.05) is 43.5 Å². The monoisotopic (exact) mass is 392 g/mol. The van der Waals surface area contributed by atoms with E-state index in [4.69, 9.17) is 17.0 Å². The third-order valence-electron chi connectivity index (χ3n) is 5.24. The van der Waals surface area contributed by atoms with Crippen LogP contribution in [-0.4, -0.2) is 21.3 Å². The van der Waals surface area contributed by atoms with Crippen LogP contribution in [0.15, 0.2) is 60.8 Å². The first-order valence-corrected chi connectivity index (χ1v) is 9.86. The Balaban J connectivity index is 1.79. The maximum atomic E-state index is 5.76. The predicted molar refractivity (Wildman–Crippen MR) is 116 cm³/mol. The van der Waals surface area contributed by atoms with Crippen LogP contribution in [0.3, 0.4) is 0 Å². The van der Waals surface area contributed by atoms with Crippen LogP contribution < -0.4 is 15.0 Å². The largest absolute Gasteiger partial charge is 0.494 e. The van der Waals surface area contributed by atoms with E-state index in [0.29, 0.717) is 11.7 Å². The number of hydrogen-bond donors (Lipinski definition) is 1. The zero-order chi connectivity index (χ0) is 19.7. The Morgan fingerprint density at radius 3 is 2.50 bits per heavy atom. The number of thiocarbonyl (C=S) groups is 1. The molecule has 144 valence electrons. The van der Waals surface area contributed by atoms with E-state index in [0.717, 1.165) is 17.1 Å². The summed E-state index contributed by atoms with van der Waals surface area (Å²) in [5.41, 5.74) is 4.40. The Kier molecular flexibility index (Phi) is 5.05. The zero-order valence-electron chi connectivity index (χ0n) is 16.3. The molecule has 1 aromatic carbocycles. The van der Waals surface area contributed by atoms with Crippen molar-refractivity contribution in [2.24, 2.45) is 7.05 Å². The second kappa shape index (κ2) is 7.64. The third kappa shape index (κ3) is 3.24. The summed E-state index contributed by atoms with van der Waals surface area (Å²) in [6, 6.07) is 18.4. The van der Waals surface area contributed by atoms with Crippen molar-refractivity contribution in [1.29, 1.82) is 0 Å². The molecule has 3 aromatic rings. The number of rotatable bonds is 5. The number of benzene rings is 1. The highest BCUT2D eigenvalue weighted by molar-refractivity contribution is 7.80. The molecule has 0 aliphatic carbocycles. The highest BCUT2D eigenvalue weighted by Crippen LogP contribution is 2.42. The van der Waals surface area contributed by atoms with Crippen LogP contribution in [0.5, 0.6) is 5.75 Å². The van der Waals surface area contributed by atoms with E-state index < -0.39 is 0 Å². The lowest BCUT2D eigenvalue weighted by Crippen LogP contribution is -2.30. The first kappa shape index (κ1) is 18.5. The summed E-state index contributed by atoms with van der Waals surface area (Å²) < 4.78 is 7.81. The van der Waals surface area contributed by atoms with Crippen LogP contribution in [-0.2, 0) is 7.05 Å². The molecule has 1 fully saturated rings. The van der Waals surface area contributed by atoms with Crippen molar-refractivity contribution in [1.82, 2.24) is 14.9 Å². The van der Waals surface area contributed by atoms with Gasteiger partial charge in [-0.25, -0.2) is 0 Å². The van der Waals surface area contributed by atoms with E-state index in [2.05, 4.69) is 58.0 Å². The van der Waals surface area contributed by atoms with Crippen molar-refractivity contribution in [3.63, 3.8) is 0 Å². The fourth-order valence-corrected chi connectivity index (χ4v) is 4.08. The second-order valence-corrected chi connectivity index (χ2v) is 7.27. The Morgan fingerprint density at radius 1 is 1.11 bits per heavy atom. The van der Waals surface area contributed by atoms with Gasteiger partial charge in [0.1, 0.15) is 11.8 Å². The lowest BCUT2D eigenvalue weighted by molar-refractivity contribution is 0.340. The molecular formula is C22H24N4OS. The van der Waals surface area contributed by atoms with Crippen molar-refractivity contribution < 1.29 is 4.74 Å². The summed E-state index contributed by atoms with van der Waals surface area (Å²) >= 11 is 5.76. The molecule has 6 heteroatoms. The van der Waals surface area contributed by atoms with Crippen molar-refractivity contribution >= 4 is 23.0 Å². The first-order chi connectivity index (χ1) is 13.6. The molecule has 2 aromatic heterocycles. The van der Waals surface area contributed by atoms with Gasteiger partial charge < -0.3 is 19.5 Å². The van der Waals surface area contributed by atoms with Crippen LogP contribution in [0.2, 0.25) is 0 Å². The number of pyridine rings is 1. The van der Waals surface area contributed by atoms with Gasteiger partial charge in [-0.15, -0.1) is 0 Å². The van der Waals surface area contributed by atoms with Crippen molar-refractivity contribution in [3.05, 3.63) is 77.9 Å². The molecule has 1 N–H and O–H groups in total. The molecule has 0 unspecified atom stereocenters. The van der Waals surface area contributed by atoms with Crippen LogP contribution >= 0.6 is 12.2 Å². The Hall–Kier alpha value is -2.86. The highest BCUT2D eigenvalue weighted by Gasteiger charge is 2.41. The van der Waals surface area contributed by atoms with Gasteiger partial charge in [0.05, 0.1) is 18.3 Å². The number of aryl methyl sites for hydroxylation is 1. The van der Waals surface area contributed by atoms with E-state index in [1.54, 1.807) is 0 Å². The predicted octanol–water partition coefficient (Wildman–Crippen LogP) is 4.30. The van der Waals surface area contributed by atoms with Gasteiger partial charge in [0, 0.05) is 30.3 Å². The summed E-state index contributed by atoms with van der Waals surface area (Å²) in [7, 11) is 2.10. The maximum Gasteiger partial charge on any atom is 0.174 e. The van der Waals surface area contributed by atoms with Gasteiger partial charge in [-0.2, -0.15) is 0 Å². The molecule has 1 aliphatic heterocycles. The highest BCUT2D eigenvalue weighted by atomic mass is 32.1. The topological polar surface area (TPSA) is 42.3 Å². The van der Waals surface area contributed by atoms with Crippen LogP contribution in [0, 0.1) is 6.92 Å². The summed E-state index contributed by atoms with van der Waals surface area (Å²) in [6.45, 7) is 4.75. The SMILES string of the molecule is CCOc1ccc(N2C(=S)N[C@H](c3ccccn3)[C@@H]2c2ccc(C)n2C)cc1. The molecule has 0 amide bonds. The molecule has 4 rings (SSSR count). The summed E-state index contributed by atoms with van der Waals surface area (Å²) in [6.07, 6.45) is 1.83. The molecule has 1 aliphatic rings. The van der Waals surface area contributed by atoms with Crippen molar-refractivity contribution in [2.75, 3.05) is 11.5 Å². The van der Waals surface area contributed by atoms with Crippen LogP contribution in [0.1, 0.15) is 36.1 Å². The smallest absolute Gasteiger partial charge is 0.174 e. The van der Waals surface area contributed by atoms with E-state index in [1.165, 1.54) is 11.4 Å². The summed E-state index contributed by atoms with van der Waals surface area (Å²) in [5.74, 6) is 0.858. The Labute approximate surface area is 171 Å². The van der Waals surface area contributed by atoms with Crippen molar-refractivity contribution in [3.8, 4) is 5.75 Å². The molecule has 3 heterocycles. The summed E-state index contributed by atoms with van der Waals surface area (Å²) in [5, 5.41) is 4.19. The first-order valence-electron chi connectivity index (χ1n) is 9.46. The van der Waals surface area contributed by atoms with E-state index in [-0.39, 0.29) is 12.1 Å². The van der Waals surface area contributed by atoms with Gasteiger partial charge in [0.2, 0.25) is 0 Å². The van der Waals surface area contributed by atoms with E-state index in [9.17, 15) is 0 Å². The van der Waals surface area contributed by atoms with Gasteiger partial charge in [-0.05, 0) is 74.6 Å². The van der Waals surface area contributed by atoms with E-state index >= 15 is 0 Å². The minimum Gasteiger partial charge on any atom is -0.494 e. The Bertz CT molecular complexity index is 968. The molecule has 1 saturated heterocycles. The minimum absolute atomic E-state index is 0.000886. The molecule has 5 nitrogen and oxygen atoms in total. The summed E-state index contributed by atoms with van der Waals surface area (Å²) in [4.78, 5) is 6.78. The number of hydrogen-bond acceptors (Lipinski definition) is 3. The standard InChI is InChI=1S/C22H24N4OS/c1-4-27-17-11-9-16(10-12-17)26-21(19-13-8-15(2)25(19)3)20(24-22(26)28)18-7-5-6-14-23-18/h5-14,20-21H,4H2,1-3H3,(H,24,28)/t20-,21+/m1/s1. The van der Waals surface area contributed by atoms with Gasteiger partial charge in [0.25, 0.3) is 0 Å². The average Bonchev–Trinajstić information content (AvgIpc) is 3.23. The lowest BCUT2D eigenvalue weighted by atomic mass is 10.0. The third-order valence-corrected chi connectivity index (χ3v) is 5.55. The lowest BCUT2D eigenvalue weighted by Gasteiger charge is -2.28. The molecule has 0 radical (unpaired) electrons. The fourth-order valence-electron chi connectivity index (χ4n) is 3.73. The molecule has 0 bridgehead atoms. The number of aromatic nitrogens is 2. The van der Waals surface area contributed by atoms with Crippen molar-refractivity contribution in [2.45, 2.75) is 25.9 Å². The second-order valence-electron chi connectivity index (χ2n) is 6.88. The zero-order valence-corrected chi connectivity index (χ0v) is 17.1. The number of ether oxygens (including phenoxy) is 1. The molecule has 28 heavy (non-hydrogen) atoms. The van der Waals surface area contributed by atoms with Gasteiger partial charge in [-0.1, -0.05) is 6.07 Å². The van der Waals surface area contributed by atoms with Gasteiger partial charge in [0.15, 0.2) is 5.11 Å². The number of nitrogens with zero attached hydrogens (tertiary/aromatic N) is 3. The minimum atomic E-state index is -0.0340. The number of nitrogens with one attached hydrogen (secondary N) is 1. The van der Waals surface area contributed by atoms with Crippen LogP contribution in [0.4, 0.5) is 5.69 Å².